The van der Waals surface area contributed by atoms with E-state index in [1.165, 1.54) is 19.1 Å². The molecule has 1 aliphatic rings. The number of aryl methyl sites for hydroxylation is 1. The number of rotatable bonds is 7. The van der Waals surface area contributed by atoms with Gasteiger partial charge >= 0.3 is 5.97 Å². The van der Waals surface area contributed by atoms with Crippen LogP contribution in [-0.2, 0) is 29.4 Å². The smallest absolute Gasteiger partial charge is 0.405 e. The molecule has 0 radical (unpaired) electrons. The van der Waals surface area contributed by atoms with E-state index in [2.05, 4.69) is 0 Å². The fourth-order valence-electron chi connectivity index (χ4n) is 5.09. The summed E-state index contributed by atoms with van der Waals surface area (Å²) in [4.78, 5) is 13.7. The number of benzene rings is 3. The van der Waals surface area contributed by atoms with Crippen LogP contribution in [0.3, 0.4) is 0 Å². The van der Waals surface area contributed by atoms with Crippen molar-refractivity contribution in [1.29, 1.82) is 0 Å². The van der Waals surface area contributed by atoms with Crippen molar-refractivity contribution in [2.75, 3.05) is 12.3 Å². The molecular formula is C26H27ClNO7S2+. The molecule has 1 heterocycles. The van der Waals surface area contributed by atoms with Crippen molar-refractivity contribution in [2.24, 2.45) is 0 Å². The molecule has 0 unspecified atom stereocenters. The van der Waals surface area contributed by atoms with E-state index < -0.39 is 36.3 Å². The summed E-state index contributed by atoms with van der Waals surface area (Å²) >= 11 is 0. The molecule has 0 saturated heterocycles. The van der Waals surface area contributed by atoms with E-state index in [1.54, 1.807) is 11.5 Å². The first-order valence-electron chi connectivity index (χ1n) is 11.5. The third-order valence-electron chi connectivity index (χ3n) is 6.67. The maximum Gasteiger partial charge on any atom is 0.405 e. The first-order chi connectivity index (χ1) is 17.1. The highest BCUT2D eigenvalue weighted by Crippen LogP contribution is 2.44. The summed E-state index contributed by atoms with van der Waals surface area (Å²) in [5.74, 6) is -1.08. The number of carbonyl (C=O) groups is 1. The number of carbonyl (C=O) groups excluding carboxylic acids is 1. The molecule has 0 fully saturated rings. The Hall–Kier alpha value is -2.79. The predicted molar refractivity (Wildman–Crippen MR) is 142 cm³/mol. The van der Waals surface area contributed by atoms with Gasteiger partial charge in [0.25, 0.3) is 24.9 Å². The Kier molecular flexibility index (Phi) is 7.00. The van der Waals surface area contributed by atoms with E-state index in [0.29, 0.717) is 5.56 Å². The predicted octanol–water partition coefficient (Wildman–Crippen LogP) is 4.64. The highest BCUT2D eigenvalue weighted by atomic mass is 35.7. The lowest BCUT2D eigenvalue weighted by atomic mass is 9.79. The summed E-state index contributed by atoms with van der Waals surface area (Å²) in [6, 6.07) is 14.4. The molecular weight excluding hydrogens is 538 g/mol. The minimum absolute atomic E-state index is 0.0655. The number of ether oxygens (including phenoxy) is 1. The summed E-state index contributed by atoms with van der Waals surface area (Å²) in [7, 11) is -2.69. The average Bonchev–Trinajstić information content (AvgIpc) is 3.01. The second kappa shape index (κ2) is 9.50. The molecule has 1 aliphatic heterocycles. The quantitative estimate of drug-likeness (QED) is 0.146. The van der Waals surface area contributed by atoms with Crippen molar-refractivity contribution in [3.63, 3.8) is 0 Å². The van der Waals surface area contributed by atoms with Crippen LogP contribution in [0.5, 0.6) is 5.75 Å². The van der Waals surface area contributed by atoms with Gasteiger partial charge in [0.15, 0.2) is 6.54 Å². The summed E-state index contributed by atoms with van der Waals surface area (Å²) in [6.45, 7) is 7.11. The van der Waals surface area contributed by atoms with Crippen LogP contribution in [0.2, 0.25) is 0 Å². The summed E-state index contributed by atoms with van der Waals surface area (Å²) < 4.78 is 63.6. The van der Waals surface area contributed by atoms with Crippen molar-refractivity contribution in [3.8, 4) is 5.75 Å². The zero-order valence-corrected chi connectivity index (χ0v) is 23.2. The van der Waals surface area contributed by atoms with E-state index in [-0.39, 0.29) is 34.9 Å². The maximum atomic E-state index is 13.8. The topological polar surface area (TPSA) is 118 Å². The zero-order chi connectivity index (χ0) is 27.3. The van der Waals surface area contributed by atoms with Crippen LogP contribution in [0.1, 0.15) is 37.0 Å². The molecule has 0 saturated carbocycles. The number of esters is 1. The normalized spacial score (nSPS) is 15.2. The Morgan fingerprint density at radius 2 is 1.70 bits per heavy atom. The van der Waals surface area contributed by atoms with Gasteiger partial charge in [0.2, 0.25) is 5.69 Å². The average molecular weight is 565 g/mol. The standard InChI is InChI=1S/C26H26ClNO7S2/c1-16-10-13-21(37(27,33)34)17(2)23(16)35-25(29)24-26(3,4)22-19-9-6-5-8-18(19)11-12-20(22)28(24)14-7-15-36(30,31)32/h5-6,8-13H,7,14-15H2,1-4H3/p+1. The van der Waals surface area contributed by atoms with Crippen LogP contribution in [0.4, 0.5) is 5.69 Å². The molecule has 3 aromatic carbocycles. The molecule has 11 heteroatoms. The van der Waals surface area contributed by atoms with Crippen molar-refractivity contribution < 1.29 is 35.5 Å². The molecule has 37 heavy (non-hydrogen) atoms. The van der Waals surface area contributed by atoms with E-state index in [4.69, 9.17) is 15.4 Å². The highest BCUT2D eigenvalue weighted by molar-refractivity contribution is 8.13. The van der Waals surface area contributed by atoms with Crippen molar-refractivity contribution in [1.82, 2.24) is 0 Å². The molecule has 0 spiro atoms. The number of fused-ring (bicyclic) bond motifs is 3. The van der Waals surface area contributed by atoms with Crippen LogP contribution in [-0.4, -0.2) is 49.9 Å². The Morgan fingerprint density at radius 3 is 2.35 bits per heavy atom. The minimum atomic E-state index is -4.19. The third-order valence-corrected chi connectivity index (χ3v) is 8.94. The molecule has 4 rings (SSSR count). The summed E-state index contributed by atoms with van der Waals surface area (Å²) in [5, 5.41) is 1.92. The van der Waals surface area contributed by atoms with Crippen LogP contribution in [0.25, 0.3) is 10.8 Å². The van der Waals surface area contributed by atoms with E-state index in [0.717, 1.165) is 22.0 Å². The number of nitrogens with zero attached hydrogens (tertiary/aromatic N) is 1. The van der Waals surface area contributed by atoms with Crippen LogP contribution in [0, 0.1) is 13.8 Å². The first-order valence-corrected chi connectivity index (χ1v) is 15.4. The fourth-order valence-corrected chi connectivity index (χ4v) is 6.78. The summed E-state index contributed by atoms with van der Waals surface area (Å²) in [5.41, 5.74) is 1.80. The second-order valence-corrected chi connectivity index (χ2v) is 13.7. The Morgan fingerprint density at radius 1 is 1.03 bits per heavy atom. The van der Waals surface area contributed by atoms with E-state index in [9.17, 15) is 26.2 Å². The lowest BCUT2D eigenvalue weighted by Gasteiger charge is -2.19. The van der Waals surface area contributed by atoms with Crippen LogP contribution >= 0.6 is 10.7 Å². The molecule has 0 aliphatic carbocycles. The van der Waals surface area contributed by atoms with Crippen LogP contribution < -0.4 is 4.74 Å². The van der Waals surface area contributed by atoms with Crippen molar-refractivity contribution in [3.05, 3.63) is 65.2 Å². The first kappa shape index (κ1) is 27.3. The van der Waals surface area contributed by atoms with Gasteiger partial charge in [-0.2, -0.15) is 13.0 Å². The third kappa shape index (κ3) is 5.16. The van der Waals surface area contributed by atoms with Crippen LogP contribution in [0.15, 0.2) is 53.4 Å². The Balaban J connectivity index is 1.86. The zero-order valence-electron chi connectivity index (χ0n) is 20.8. The highest BCUT2D eigenvalue weighted by Gasteiger charge is 2.51. The van der Waals surface area contributed by atoms with Gasteiger partial charge in [-0.05, 0) is 56.2 Å². The molecule has 0 bridgehead atoms. The number of hydrogen-bond acceptors (Lipinski definition) is 6. The van der Waals surface area contributed by atoms with Crippen molar-refractivity contribution in [2.45, 2.75) is 44.4 Å². The van der Waals surface area contributed by atoms with E-state index >= 15 is 0 Å². The number of halogens is 1. The largest absolute Gasteiger partial charge is 0.418 e. The molecule has 1 N–H and O–H groups in total. The molecule has 0 amide bonds. The number of hydrogen-bond donors (Lipinski definition) is 1. The Bertz CT molecular complexity index is 1690. The minimum Gasteiger partial charge on any atom is -0.418 e. The molecule has 196 valence electrons. The van der Waals surface area contributed by atoms with Gasteiger partial charge in [-0.1, -0.05) is 30.3 Å². The summed E-state index contributed by atoms with van der Waals surface area (Å²) in [6.07, 6.45) is 0.0655. The van der Waals surface area contributed by atoms with Gasteiger partial charge in [0.05, 0.1) is 16.1 Å². The monoisotopic (exact) mass is 564 g/mol. The lowest BCUT2D eigenvalue weighted by Crippen LogP contribution is -2.39. The lowest BCUT2D eigenvalue weighted by molar-refractivity contribution is -0.437. The Labute approximate surface area is 220 Å². The van der Waals surface area contributed by atoms with Gasteiger partial charge in [-0.3, -0.25) is 4.55 Å². The van der Waals surface area contributed by atoms with Gasteiger partial charge in [0.1, 0.15) is 5.75 Å². The van der Waals surface area contributed by atoms with Gasteiger partial charge in [-0.15, -0.1) is 0 Å². The van der Waals surface area contributed by atoms with Gasteiger partial charge in [-0.25, -0.2) is 13.2 Å². The molecule has 8 nitrogen and oxygen atoms in total. The fraction of sp³-hybridized carbons (Fsp3) is 0.308. The second-order valence-electron chi connectivity index (χ2n) is 9.61. The van der Waals surface area contributed by atoms with Crippen molar-refractivity contribution >= 4 is 58.0 Å². The maximum absolute atomic E-state index is 13.8. The van der Waals surface area contributed by atoms with Gasteiger partial charge in [0, 0.05) is 34.3 Å². The van der Waals surface area contributed by atoms with Gasteiger partial charge < -0.3 is 4.74 Å². The molecule has 0 aromatic heterocycles. The van der Waals surface area contributed by atoms with E-state index in [1.807, 2.05) is 50.2 Å². The molecule has 3 aromatic rings. The SMILES string of the molecule is Cc1ccc(S(=O)(=O)Cl)c(C)c1OC(=O)C1=[N+](CCCS(=O)(=O)O)c2ccc3ccccc3c2C1(C)C. The molecule has 0 atom stereocenters.